The second-order valence-corrected chi connectivity index (χ2v) is 13.7. The van der Waals surface area contributed by atoms with Gasteiger partial charge in [0.15, 0.2) is 5.78 Å². The molecular weight excluding hydrogens is 484 g/mol. The second-order valence-electron chi connectivity index (χ2n) is 13.7. The van der Waals surface area contributed by atoms with E-state index < -0.39 is 40.3 Å². The van der Waals surface area contributed by atoms with Gasteiger partial charge in [-0.3, -0.25) is 24.0 Å². The topological polar surface area (TPSA) is 125 Å². The van der Waals surface area contributed by atoms with Crippen LogP contribution >= 0.6 is 0 Å². The van der Waals surface area contributed by atoms with Crippen molar-refractivity contribution in [1.82, 2.24) is 20.9 Å². The van der Waals surface area contributed by atoms with Crippen LogP contribution in [0.5, 0.6) is 0 Å². The number of hydrogen-bond donors (Lipinski definition) is 3. The zero-order chi connectivity index (χ0) is 29.2. The lowest BCUT2D eigenvalue weighted by molar-refractivity contribution is -0.147. The summed E-state index contributed by atoms with van der Waals surface area (Å²) >= 11 is 0. The van der Waals surface area contributed by atoms with Gasteiger partial charge in [0.1, 0.15) is 12.1 Å². The average Bonchev–Trinajstić information content (AvgIpc) is 3.04. The van der Waals surface area contributed by atoms with Crippen LogP contribution in [0.2, 0.25) is 0 Å². The smallest absolute Gasteiger partial charge is 0.246 e. The fraction of sp³-hybridized carbons (Fsp3) is 0.759. The predicted molar refractivity (Wildman–Crippen MR) is 147 cm³/mol. The zero-order valence-electron chi connectivity index (χ0n) is 24.7. The molecule has 2 saturated heterocycles. The van der Waals surface area contributed by atoms with Gasteiger partial charge in [0.2, 0.25) is 23.6 Å². The second kappa shape index (κ2) is 11.6. The average molecular weight is 533 g/mol. The molecule has 0 bridgehead atoms. The molecule has 3 N–H and O–H groups in total. The number of ketones is 1. The number of amides is 4. The molecule has 2 fully saturated rings. The van der Waals surface area contributed by atoms with Crippen molar-refractivity contribution in [1.29, 1.82) is 0 Å². The maximum Gasteiger partial charge on any atom is 0.246 e. The van der Waals surface area contributed by atoms with E-state index in [-0.39, 0.29) is 41.8 Å². The predicted octanol–water partition coefficient (Wildman–Crippen LogP) is 2.59. The molecule has 9 nitrogen and oxygen atoms in total. The third-order valence-corrected chi connectivity index (χ3v) is 8.14. The van der Waals surface area contributed by atoms with E-state index in [1.165, 1.54) is 0 Å². The normalized spacial score (nSPS) is 25.1. The molecular formula is C29H48N4O5. The van der Waals surface area contributed by atoms with Crippen LogP contribution in [0.4, 0.5) is 0 Å². The molecule has 0 unspecified atom stereocenters. The maximum atomic E-state index is 14.0. The Kier molecular flexibility index (Phi) is 9.60. The molecule has 2 heterocycles. The summed E-state index contributed by atoms with van der Waals surface area (Å²) in [5.74, 6) is -1.92. The first-order valence-corrected chi connectivity index (χ1v) is 13.7. The Morgan fingerprint density at radius 1 is 1.13 bits per heavy atom. The van der Waals surface area contributed by atoms with Crippen molar-refractivity contribution >= 4 is 29.4 Å². The largest absolute Gasteiger partial charge is 0.356 e. The Hall–Kier alpha value is -2.71. The van der Waals surface area contributed by atoms with Gasteiger partial charge in [0.05, 0.1) is 6.04 Å². The summed E-state index contributed by atoms with van der Waals surface area (Å²) in [6, 6.07) is -2.62. The fourth-order valence-corrected chi connectivity index (χ4v) is 5.15. The highest BCUT2D eigenvalue weighted by Gasteiger charge is 2.54. The molecule has 9 heteroatoms. The zero-order valence-corrected chi connectivity index (χ0v) is 24.7. The molecule has 0 radical (unpaired) electrons. The lowest BCUT2D eigenvalue weighted by Gasteiger charge is -2.39. The van der Waals surface area contributed by atoms with Crippen LogP contribution in [0.15, 0.2) is 12.7 Å². The number of carbonyl (C=O) groups excluding carboxylic acids is 5. The van der Waals surface area contributed by atoms with Gasteiger partial charge in [0.25, 0.3) is 0 Å². The van der Waals surface area contributed by atoms with Gasteiger partial charge in [-0.15, -0.1) is 0 Å². The van der Waals surface area contributed by atoms with Crippen LogP contribution in [0, 0.1) is 28.1 Å². The molecule has 2 aliphatic rings. The summed E-state index contributed by atoms with van der Waals surface area (Å²) in [5.41, 5.74) is -1.90. The first-order valence-electron chi connectivity index (χ1n) is 13.7. The molecule has 0 saturated carbocycles. The molecule has 0 aromatic rings. The van der Waals surface area contributed by atoms with E-state index >= 15 is 0 Å². The minimum Gasteiger partial charge on any atom is -0.356 e. The molecule has 4 amide bonds. The van der Waals surface area contributed by atoms with Crippen molar-refractivity contribution in [3.8, 4) is 0 Å². The highest BCUT2D eigenvalue weighted by Crippen LogP contribution is 2.42. The standard InChI is InChI=1S/C29H48N4O5/c1-11-20(34)19(15-18-13-12-14-30-23(18)35)31-24(36)22-29(9,10)17(2)16-33(22)25(37)21(27(3,4)5)32-26(38)28(6,7)8/h11,17-19,21-22H,1,12-16H2,2-10H3,(H,30,35)(H,31,36)(H,32,38)/t17-,18+,19+,21-,22-/m1/s1. The fourth-order valence-electron chi connectivity index (χ4n) is 5.15. The van der Waals surface area contributed by atoms with Crippen molar-refractivity contribution in [3.05, 3.63) is 12.7 Å². The Bertz CT molecular complexity index is 959. The van der Waals surface area contributed by atoms with Crippen LogP contribution < -0.4 is 16.0 Å². The van der Waals surface area contributed by atoms with Crippen molar-refractivity contribution in [3.63, 3.8) is 0 Å². The lowest BCUT2D eigenvalue weighted by atomic mass is 9.77. The van der Waals surface area contributed by atoms with E-state index in [1.54, 1.807) is 25.7 Å². The maximum absolute atomic E-state index is 14.0. The Morgan fingerprint density at radius 3 is 2.24 bits per heavy atom. The summed E-state index contributed by atoms with van der Waals surface area (Å²) in [7, 11) is 0. The lowest BCUT2D eigenvalue weighted by Crippen LogP contribution is -2.61. The minimum atomic E-state index is -0.920. The SMILES string of the molecule is C=CC(=O)[C@H](C[C@@H]1CCCNC1=O)NC(=O)[C@H]1N(C(=O)[C@@H](NC(=O)C(C)(C)C)C(C)(C)C)C[C@@H](C)C1(C)C. The van der Waals surface area contributed by atoms with Crippen molar-refractivity contribution in [2.24, 2.45) is 28.1 Å². The summed E-state index contributed by atoms with van der Waals surface area (Å²) in [6.07, 6.45) is 2.78. The molecule has 5 atom stereocenters. The molecule has 38 heavy (non-hydrogen) atoms. The number of nitrogens with one attached hydrogen (secondary N) is 3. The summed E-state index contributed by atoms with van der Waals surface area (Å²) in [6.45, 7) is 21.4. The van der Waals surface area contributed by atoms with Gasteiger partial charge >= 0.3 is 0 Å². The number of hydrogen-bond acceptors (Lipinski definition) is 5. The summed E-state index contributed by atoms with van der Waals surface area (Å²) < 4.78 is 0. The molecule has 0 aromatic carbocycles. The van der Waals surface area contributed by atoms with Crippen molar-refractivity contribution in [2.45, 2.75) is 99.7 Å². The monoisotopic (exact) mass is 532 g/mol. The van der Waals surface area contributed by atoms with Gasteiger partial charge in [-0.05, 0) is 42.1 Å². The first-order chi connectivity index (χ1) is 17.3. The highest BCUT2D eigenvalue weighted by atomic mass is 16.2. The molecule has 214 valence electrons. The van der Waals surface area contributed by atoms with E-state index in [9.17, 15) is 24.0 Å². The van der Waals surface area contributed by atoms with Crippen LogP contribution in [0.3, 0.4) is 0 Å². The Morgan fingerprint density at radius 2 is 1.74 bits per heavy atom. The summed E-state index contributed by atoms with van der Waals surface area (Å²) in [4.78, 5) is 67.4. The Balaban J connectivity index is 2.38. The first kappa shape index (κ1) is 31.5. The number of likely N-dealkylation sites (tertiary alicyclic amines) is 1. The quantitative estimate of drug-likeness (QED) is 0.415. The van der Waals surface area contributed by atoms with E-state index in [1.807, 2.05) is 41.5 Å². The van der Waals surface area contributed by atoms with Gasteiger partial charge in [-0.1, -0.05) is 68.9 Å². The van der Waals surface area contributed by atoms with Gasteiger partial charge < -0.3 is 20.9 Å². The van der Waals surface area contributed by atoms with Gasteiger partial charge in [-0.25, -0.2) is 0 Å². The molecule has 2 rings (SSSR count). The molecule has 0 spiro atoms. The van der Waals surface area contributed by atoms with E-state index in [2.05, 4.69) is 22.5 Å². The van der Waals surface area contributed by atoms with Crippen LogP contribution in [0.25, 0.3) is 0 Å². The van der Waals surface area contributed by atoms with E-state index in [0.717, 1.165) is 12.5 Å². The van der Waals surface area contributed by atoms with E-state index in [4.69, 9.17) is 0 Å². The van der Waals surface area contributed by atoms with Crippen molar-refractivity contribution in [2.75, 3.05) is 13.1 Å². The van der Waals surface area contributed by atoms with Crippen molar-refractivity contribution < 1.29 is 24.0 Å². The third kappa shape index (κ3) is 7.03. The van der Waals surface area contributed by atoms with E-state index in [0.29, 0.717) is 19.5 Å². The highest BCUT2D eigenvalue weighted by molar-refractivity contribution is 5.99. The van der Waals surface area contributed by atoms with Crippen LogP contribution in [-0.2, 0) is 24.0 Å². The summed E-state index contributed by atoms with van der Waals surface area (Å²) in [5, 5.41) is 8.61. The number of piperidine rings is 1. The number of rotatable bonds is 8. The van der Waals surface area contributed by atoms with Crippen LogP contribution in [-0.4, -0.2) is 65.5 Å². The van der Waals surface area contributed by atoms with Gasteiger partial charge in [-0.2, -0.15) is 0 Å². The van der Waals surface area contributed by atoms with Gasteiger partial charge in [0, 0.05) is 24.4 Å². The number of nitrogens with zero attached hydrogens (tertiary/aromatic N) is 1. The number of carbonyl (C=O) groups is 5. The third-order valence-electron chi connectivity index (χ3n) is 8.14. The molecule has 0 aromatic heterocycles. The molecule has 0 aliphatic carbocycles. The van der Waals surface area contributed by atoms with Crippen LogP contribution in [0.1, 0.15) is 81.6 Å². The minimum absolute atomic E-state index is 0.0150. The Labute approximate surface area is 227 Å². The molecule has 2 aliphatic heterocycles.